The molecule has 2 aromatic rings. The number of rotatable bonds is 5. The molecule has 3 fully saturated rings. The summed E-state index contributed by atoms with van der Waals surface area (Å²) < 4.78 is 18.8. The predicted molar refractivity (Wildman–Crippen MR) is 146 cm³/mol. The van der Waals surface area contributed by atoms with Gasteiger partial charge in [0.25, 0.3) is 0 Å². The Kier molecular flexibility index (Phi) is 7.80. The average Bonchev–Trinajstić information content (AvgIpc) is 3.54. The highest BCUT2D eigenvalue weighted by atomic mass is 35.5. The Morgan fingerprint density at radius 2 is 1.67 bits per heavy atom. The van der Waals surface area contributed by atoms with E-state index in [9.17, 15) is 18.8 Å². The predicted octanol–water partition coefficient (Wildman–Crippen LogP) is 5.60. The van der Waals surface area contributed by atoms with Gasteiger partial charge in [-0.05, 0) is 61.6 Å². The molecule has 0 aromatic heterocycles. The lowest BCUT2D eigenvalue weighted by molar-refractivity contribution is -0.142. The molecule has 3 amide bonds. The average molecular weight is 576 g/mol. The largest absolute Gasteiger partial charge is 0.415 e. The van der Waals surface area contributed by atoms with Crippen LogP contribution in [0.25, 0.3) is 0 Å². The fourth-order valence-corrected chi connectivity index (χ4v) is 6.10. The van der Waals surface area contributed by atoms with E-state index >= 15 is 0 Å². The van der Waals surface area contributed by atoms with Gasteiger partial charge in [-0.1, -0.05) is 42.3 Å². The summed E-state index contributed by atoms with van der Waals surface area (Å²) in [5, 5.41) is 0.791. The van der Waals surface area contributed by atoms with E-state index in [0.717, 1.165) is 18.4 Å². The molecule has 1 saturated carbocycles. The van der Waals surface area contributed by atoms with Crippen molar-refractivity contribution in [1.82, 2.24) is 14.7 Å². The van der Waals surface area contributed by atoms with Crippen LogP contribution in [0.15, 0.2) is 42.5 Å². The number of likely N-dealkylation sites (N-methyl/N-ethyl adjacent to an activating group) is 1. The van der Waals surface area contributed by atoms with Gasteiger partial charge >= 0.3 is 6.09 Å². The van der Waals surface area contributed by atoms with Crippen molar-refractivity contribution in [3.8, 4) is 5.75 Å². The van der Waals surface area contributed by atoms with E-state index in [1.54, 1.807) is 24.1 Å². The summed E-state index contributed by atoms with van der Waals surface area (Å²) in [6.07, 6.45) is 2.48. The molecule has 1 unspecified atom stereocenters. The minimum atomic E-state index is -0.621. The molecule has 5 rings (SSSR count). The van der Waals surface area contributed by atoms with E-state index in [1.807, 2.05) is 17.9 Å². The quantitative estimate of drug-likeness (QED) is 0.465. The maximum Gasteiger partial charge on any atom is 0.415 e. The molecule has 2 aliphatic heterocycles. The molecule has 2 aromatic carbocycles. The van der Waals surface area contributed by atoms with Crippen molar-refractivity contribution in [3.63, 3.8) is 0 Å². The fourth-order valence-electron chi connectivity index (χ4n) is 5.65. The Morgan fingerprint density at radius 3 is 2.31 bits per heavy atom. The third-order valence-electron chi connectivity index (χ3n) is 8.43. The van der Waals surface area contributed by atoms with Crippen molar-refractivity contribution in [2.24, 2.45) is 11.3 Å². The molecule has 1 aliphatic carbocycles. The number of carbonyl (C=O) groups is 3. The summed E-state index contributed by atoms with van der Waals surface area (Å²) in [6.45, 7) is 3.84. The molecular formula is C29H32Cl2FN3O4. The fraction of sp³-hybridized carbons (Fsp3) is 0.483. The Bertz CT molecular complexity index is 1260. The second-order valence-electron chi connectivity index (χ2n) is 11.1. The van der Waals surface area contributed by atoms with Gasteiger partial charge in [-0.2, -0.15) is 0 Å². The zero-order valence-electron chi connectivity index (χ0n) is 22.0. The zero-order valence-corrected chi connectivity index (χ0v) is 23.6. The summed E-state index contributed by atoms with van der Waals surface area (Å²) in [4.78, 5) is 44.7. The van der Waals surface area contributed by atoms with Crippen LogP contribution in [0.2, 0.25) is 10.0 Å². The Hall–Kier alpha value is -2.84. The maximum absolute atomic E-state index is 13.7. The Morgan fingerprint density at radius 1 is 1.00 bits per heavy atom. The van der Waals surface area contributed by atoms with E-state index in [4.69, 9.17) is 27.9 Å². The molecule has 0 bridgehead atoms. The molecular weight excluding hydrogens is 544 g/mol. The summed E-state index contributed by atoms with van der Waals surface area (Å²) in [6, 6.07) is 10.2. The van der Waals surface area contributed by atoms with Crippen LogP contribution in [-0.2, 0) is 9.59 Å². The number of piperidine rings is 1. The maximum atomic E-state index is 13.7. The highest BCUT2D eigenvalue weighted by molar-refractivity contribution is 6.42. The number of nitrogens with zero attached hydrogens (tertiary/aromatic N) is 3. The summed E-state index contributed by atoms with van der Waals surface area (Å²) >= 11 is 12.9. The van der Waals surface area contributed by atoms with Gasteiger partial charge in [-0.25, -0.2) is 9.18 Å². The number of amides is 3. The first kappa shape index (κ1) is 27.7. The Balaban J connectivity index is 1.31. The molecule has 3 aliphatic rings. The normalized spacial score (nSPS) is 22.5. The number of hydrogen-bond donors (Lipinski definition) is 0. The van der Waals surface area contributed by atoms with Crippen molar-refractivity contribution in [3.05, 3.63) is 63.9 Å². The molecule has 208 valence electrons. The lowest BCUT2D eigenvalue weighted by Gasteiger charge is -2.34. The van der Waals surface area contributed by atoms with Crippen LogP contribution >= 0.6 is 23.2 Å². The van der Waals surface area contributed by atoms with Gasteiger partial charge in [0, 0.05) is 50.5 Å². The third-order valence-corrected chi connectivity index (χ3v) is 9.27. The minimum Gasteiger partial charge on any atom is -0.410 e. The lowest BCUT2D eigenvalue weighted by atomic mass is 9.93. The standard InChI is InChI=1S/C29H32Cl2FN3O4/c1-29(12-13-29)27(37)34-14-10-18(11-15-34)26(36)35-16-22(21-4-3-5-23(30)25(21)31)24(17-35)33(2)28(38)39-20-8-6-19(32)7-9-20/h3-9,18,22,24H,10-17H2,1-2H3/t22?,24-/m0/s1. The van der Waals surface area contributed by atoms with Crippen molar-refractivity contribution >= 4 is 41.1 Å². The van der Waals surface area contributed by atoms with Crippen molar-refractivity contribution < 1.29 is 23.5 Å². The van der Waals surface area contributed by atoms with Gasteiger partial charge < -0.3 is 19.4 Å². The molecule has 0 spiro atoms. The van der Waals surface area contributed by atoms with Crippen molar-refractivity contribution in [2.45, 2.75) is 44.6 Å². The molecule has 2 atom stereocenters. The van der Waals surface area contributed by atoms with Crippen LogP contribution in [-0.4, -0.2) is 71.9 Å². The summed E-state index contributed by atoms with van der Waals surface area (Å²) in [5.41, 5.74) is 0.541. The van der Waals surface area contributed by atoms with Gasteiger partial charge in [0.2, 0.25) is 11.8 Å². The van der Waals surface area contributed by atoms with Crippen LogP contribution < -0.4 is 4.74 Å². The first-order valence-electron chi connectivity index (χ1n) is 13.3. The zero-order chi connectivity index (χ0) is 27.9. The highest BCUT2D eigenvalue weighted by Crippen LogP contribution is 2.47. The first-order chi connectivity index (χ1) is 18.6. The van der Waals surface area contributed by atoms with Gasteiger partial charge in [0.1, 0.15) is 11.6 Å². The van der Waals surface area contributed by atoms with Crippen LogP contribution in [0.4, 0.5) is 9.18 Å². The van der Waals surface area contributed by atoms with E-state index in [2.05, 4.69) is 0 Å². The van der Waals surface area contributed by atoms with Crippen LogP contribution in [0.1, 0.15) is 44.1 Å². The van der Waals surface area contributed by atoms with E-state index in [0.29, 0.717) is 49.1 Å². The highest BCUT2D eigenvalue weighted by Gasteiger charge is 2.48. The molecule has 2 saturated heterocycles. The van der Waals surface area contributed by atoms with Crippen LogP contribution in [0.5, 0.6) is 5.75 Å². The molecule has 10 heteroatoms. The van der Waals surface area contributed by atoms with Gasteiger partial charge in [0.15, 0.2) is 0 Å². The topological polar surface area (TPSA) is 70.2 Å². The van der Waals surface area contributed by atoms with Gasteiger partial charge in [-0.15, -0.1) is 0 Å². The van der Waals surface area contributed by atoms with Gasteiger partial charge in [0.05, 0.1) is 16.1 Å². The van der Waals surface area contributed by atoms with E-state index in [-0.39, 0.29) is 34.8 Å². The first-order valence-corrected chi connectivity index (χ1v) is 14.1. The number of carbonyl (C=O) groups excluding carboxylic acids is 3. The number of likely N-dealkylation sites (tertiary alicyclic amines) is 2. The number of benzene rings is 2. The third kappa shape index (κ3) is 5.73. The summed E-state index contributed by atoms with van der Waals surface area (Å²) in [7, 11) is 1.62. The molecule has 39 heavy (non-hydrogen) atoms. The van der Waals surface area contributed by atoms with Crippen LogP contribution in [0.3, 0.4) is 0 Å². The number of hydrogen-bond acceptors (Lipinski definition) is 4. The molecule has 0 radical (unpaired) electrons. The van der Waals surface area contributed by atoms with Crippen molar-refractivity contribution in [1.29, 1.82) is 0 Å². The monoisotopic (exact) mass is 575 g/mol. The molecule has 2 heterocycles. The SMILES string of the molecule is CN(C(=O)Oc1ccc(F)cc1)[C@H]1CN(C(=O)C2CCN(C(=O)C3(C)CC3)CC2)CC1c1cccc(Cl)c1Cl. The van der Waals surface area contributed by atoms with Crippen LogP contribution in [0, 0.1) is 17.2 Å². The number of ether oxygens (including phenoxy) is 1. The second kappa shape index (κ2) is 11.0. The number of halogens is 3. The van der Waals surface area contributed by atoms with Crippen molar-refractivity contribution in [2.75, 3.05) is 33.2 Å². The smallest absolute Gasteiger partial charge is 0.410 e. The second-order valence-corrected chi connectivity index (χ2v) is 11.9. The minimum absolute atomic E-state index is 0.0192. The van der Waals surface area contributed by atoms with E-state index < -0.39 is 18.0 Å². The summed E-state index contributed by atoms with van der Waals surface area (Å²) in [5.74, 6) is -0.468. The van der Waals surface area contributed by atoms with E-state index in [1.165, 1.54) is 29.2 Å². The molecule has 7 nitrogen and oxygen atoms in total. The Labute approximate surface area is 237 Å². The molecule has 0 N–H and O–H groups in total. The lowest BCUT2D eigenvalue weighted by Crippen LogP contribution is -2.46. The van der Waals surface area contributed by atoms with Gasteiger partial charge in [-0.3, -0.25) is 9.59 Å².